The number of benzene rings is 3. The van der Waals surface area contributed by atoms with E-state index in [9.17, 15) is 14.4 Å². The third-order valence-electron chi connectivity index (χ3n) is 4.30. The average Bonchev–Trinajstić information content (AvgIpc) is 2.81. The van der Waals surface area contributed by atoms with E-state index in [1.807, 2.05) is 60.7 Å². The van der Waals surface area contributed by atoms with E-state index in [2.05, 4.69) is 0 Å². The van der Waals surface area contributed by atoms with Crippen molar-refractivity contribution in [1.82, 2.24) is 4.90 Å². The molecule has 0 bridgehead atoms. The summed E-state index contributed by atoms with van der Waals surface area (Å²) in [5, 5.41) is 0. The number of hydrogen-bond donors (Lipinski definition) is 0. The topological polar surface area (TPSA) is 72.9 Å². The van der Waals surface area contributed by atoms with Crippen molar-refractivity contribution in [2.45, 2.75) is 13.2 Å². The molecule has 152 valence electrons. The minimum Gasteiger partial charge on any atom is -0.489 e. The number of carbonyl (C=O) groups is 3. The fraction of sp³-hybridized carbons (Fsp3) is 0.125. The van der Waals surface area contributed by atoms with Crippen molar-refractivity contribution >= 4 is 18.6 Å². The highest BCUT2D eigenvalue weighted by Gasteiger charge is 2.14. The van der Waals surface area contributed by atoms with Crippen LogP contribution in [0.25, 0.3) is 0 Å². The summed E-state index contributed by atoms with van der Waals surface area (Å²) < 4.78 is 11.7. The number of ether oxygens (including phenoxy) is 2. The Morgan fingerprint density at radius 2 is 1.20 bits per heavy atom. The van der Waals surface area contributed by atoms with Gasteiger partial charge in [-0.2, -0.15) is 0 Å². The number of nitrogens with zero attached hydrogens (tertiary/aromatic N) is 1. The molecule has 0 fully saturated rings. The third-order valence-corrected chi connectivity index (χ3v) is 4.30. The molecule has 0 heterocycles. The second kappa shape index (κ2) is 10.6. The Bertz CT molecular complexity index is 919. The average molecular weight is 403 g/mol. The van der Waals surface area contributed by atoms with Gasteiger partial charge in [-0.1, -0.05) is 60.7 Å². The van der Waals surface area contributed by atoms with Crippen LogP contribution in [0, 0.1) is 0 Å². The molecule has 3 aromatic rings. The molecule has 3 rings (SSSR count). The zero-order valence-corrected chi connectivity index (χ0v) is 16.3. The number of ketones is 1. The van der Waals surface area contributed by atoms with Crippen molar-refractivity contribution in [2.24, 2.45) is 0 Å². The largest absolute Gasteiger partial charge is 0.489 e. The zero-order valence-electron chi connectivity index (χ0n) is 16.3. The molecule has 0 unspecified atom stereocenters. The summed E-state index contributed by atoms with van der Waals surface area (Å²) in [5.41, 5.74) is 2.25. The van der Waals surface area contributed by atoms with Gasteiger partial charge < -0.3 is 9.47 Å². The van der Waals surface area contributed by atoms with Crippen LogP contribution in [-0.2, 0) is 22.8 Å². The first-order valence-corrected chi connectivity index (χ1v) is 9.36. The number of amides is 2. The third kappa shape index (κ3) is 6.04. The minimum atomic E-state index is -0.399. The first kappa shape index (κ1) is 20.8. The van der Waals surface area contributed by atoms with Crippen LogP contribution in [0.4, 0.5) is 0 Å². The van der Waals surface area contributed by atoms with Crippen molar-refractivity contribution in [3.8, 4) is 11.5 Å². The number of imide groups is 1. The standard InChI is InChI=1S/C24H21NO5/c26-17-25(18-27)14-24(28)21-11-22(29-15-19-7-3-1-4-8-19)13-23(12-21)30-16-20-9-5-2-6-10-20/h1-13,17-18H,14-16H2. The van der Waals surface area contributed by atoms with Gasteiger partial charge >= 0.3 is 0 Å². The maximum atomic E-state index is 12.6. The van der Waals surface area contributed by atoms with Gasteiger partial charge in [0.15, 0.2) is 5.78 Å². The lowest BCUT2D eigenvalue weighted by atomic mass is 10.1. The number of Topliss-reactive ketones (excluding diaryl/α,β-unsaturated/α-hetero) is 1. The van der Waals surface area contributed by atoms with Crippen LogP contribution in [0.5, 0.6) is 11.5 Å². The summed E-state index contributed by atoms with van der Waals surface area (Å²) in [4.78, 5) is 35.0. The monoisotopic (exact) mass is 403 g/mol. The summed E-state index contributed by atoms with van der Waals surface area (Å²) in [6.45, 7) is 0.296. The van der Waals surface area contributed by atoms with Crippen molar-refractivity contribution in [3.63, 3.8) is 0 Å². The van der Waals surface area contributed by atoms with E-state index < -0.39 is 5.78 Å². The molecule has 0 saturated carbocycles. The van der Waals surface area contributed by atoms with Crippen molar-refractivity contribution < 1.29 is 23.9 Å². The Balaban J connectivity index is 1.79. The van der Waals surface area contributed by atoms with Crippen LogP contribution in [0.1, 0.15) is 21.5 Å². The summed E-state index contributed by atoms with van der Waals surface area (Å²) >= 11 is 0. The molecule has 6 nitrogen and oxygen atoms in total. The second-order valence-corrected chi connectivity index (χ2v) is 6.55. The fourth-order valence-corrected chi connectivity index (χ4v) is 2.74. The summed E-state index contributed by atoms with van der Waals surface area (Å²) in [7, 11) is 0. The van der Waals surface area contributed by atoms with Crippen LogP contribution in [0.3, 0.4) is 0 Å². The molecule has 0 spiro atoms. The lowest BCUT2D eigenvalue weighted by molar-refractivity contribution is -0.128. The Hall–Kier alpha value is -3.93. The zero-order chi connectivity index (χ0) is 21.2. The lowest BCUT2D eigenvalue weighted by Crippen LogP contribution is -2.27. The van der Waals surface area contributed by atoms with Gasteiger partial charge in [-0.3, -0.25) is 19.3 Å². The molecule has 0 aliphatic rings. The molecule has 0 aliphatic heterocycles. The van der Waals surface area contributed by atoms with E-state index in [-0.39, 0.29) is 12.1 Å². The van der Waals surface area contributed by atoms with Crippen LogP contribution >= 0.6 is 0 Å². The van der Waals surface area contributed by atoms with E-state index in [1.54, 1.807) is 18.2 Å². The summed E-state index contributed by atoms with van der Waals surface area (Å²) in [6.07, 6.45) is 0.626. The maximum absolute atomic E-state index is 12.6. The molecule has 0 aliphatic carbocycles. The lowest BCUT2D eigenvalue weighted by Gasteiger charge is -2.13. The van der Waals surface area contributed by atoms with E-state index in [4.69, 9.17) is 9.47 Å². The fourth-order valence-electron chi connectivity index (χ4n) is 2.74. The molecule has 6 heteroatoms. The SMILES string of the molecule is O=CN(C=O)CC(=O)c1cc(OCc2ccccc2)cc(OCc2ccccc2)c1. The molecular formula is C24H21NO5. The summed E-state index contributed by atoms with van der Waals surface area (Å²) in [5.74, 6) is 0.511. The number of hydrogen-bond acceptors (Lipinski definition) is 5. The van der Waals surface area contributed by atoms with E-state index in [0.29, 0.717) is 37.5 Å². The van der Waals surface area contributed by atoms with Gasteiger partial charge in [0.25, 0.3) is 0 Å². The maximum Gasteiger partial charge on any atom is 0.216 e. The molecule has 0 radical (unpaired) electrons. The van der Waals surface area contributed by atoms with E-state index >= 15 is 0 Å². The van der Waals surface area contributed by atoms with E-state index in [0.717, 1.165) is 16.0 Å². The Labute approximate surface area is 174 Å². The van der Waals surface area contributed by atoms with Crippen molar-refractivity contribution in [3.05, 3.63) is 95.6 Å². The quantitative estimate of drug-likeness (QED) is 0.361. The Kier molecular flexibility index (Phi) is 7.33. The number of rotatable bonds is 11. The van der Waals surface area contributed by atoms with Crippen LogP contribution < -0.4 is 9.47 Å². The highest BCUT2D eigenvalue weighted by Crippen LogP contribution is 2.25. The van der Waals surface area contributed by atoms with Crippen molar-refractivity contribution in [1.29, 1.82) is 0 Å². The highest BCUT2D eigenvalue weighted by molar-refractivity contribution is 6.00. The number of carbonyl (C=O) groups excluding carboxylic acids is 3. The highest BCUT2D eigenvalue weighted by atomic mass is 16.5. The second-order valence-electron chi connectivity index (χ2n) is 6.55. The predicted octanol–water partition coefficient (Wildman–Crippen LogP) is 3.64. The van der Waals surface area contributed by atoms with E-state index in [1.165, 1.54) is 0 Å². The molecule has 0 atom stereocenters. The molecule has 0 N–H and O–H groups in total. The van der Waals surface area contributed by atoms with Gasteiger partial charge in [0.05, 0.1) is 6.54 Å². The Morgan fingerprint density at radius 3 is 1.63 bits per heavy atom. The van der Waals surface area contributed by atoms with Gasteiger partial charge in [0.1, 0.15) is 24.7 Å². The minimum absolute atomic E-state index is 0.289. The van der Waals surface area contributed by atoms with Gasteiger partial charge in [-0.05, 0) is 23.3 Å². The molecule has 0 aromatic heterocycles. The van der Waals surface area contributed by atoms with Crippen LogP contribution in [-0.4, -0.2) is 30.0 Å². The van der Waals surface area contributed by atoms with Gasteiger partial charge in [-0.25, -0.2) is 0 Å². The normalized spacial score (nSPS) is 10.1. The molecule has 30 heavy (non-hydrogen) atoms. The first-order chi connectivity index (χ1) is 14.7. The van der Waals surface area contributed by atoms with Gasteiger partial charge in [-0.15, -0.1) is 0 Å². The Morgan fingerprint density at radius 1 is 0.733 bits per heavy atom. The molecule has 2 amide bonds. The van der Waals surface area contributed by atoms with Crippen LogP contribution in [0.15, 0.2) is 78.9 Å². The van der Waals surface area contributed by atoms with Crippen LogP contribution in [0.2, 0.25) is 0 Å². The first-order valence-electron chi connectivity index (χ1n) is 9.36. The molecule has 0 saturated heterocycles. The summed E-state index contributed by atoms with van der Waals surface area (Å²) in [6, 6.07) is 24.1. The smallest absolute Gasteiger partial charge is 0.216 e. The van der Waals surface area contributed by atoms with Gasteiger partial charge in [0, 0.05) is 11.6 Å². The molecule has 3 aromatic carbocycles. The molecular weight excluding hydrogens is 382 g/mol. The van der Waals surface area contributed by atoms with Gasteiger partial charge in [0.2, 0.25) is 12.8 Å². The predicted molar refractivity (Wildman–Crippen MR) is 111 cm³/mol. The van der Waals surface area contributed by atoms with Crippen molar-refractivity contribution in [2.75, 3.05) is 6.54 Å².